The summed E-state index contributed by atoms with van der Waals surface area (Å²) in [6.45, 7) is 7.00. The smallest absolute Gasteiger partial charge is 0.0762 e. The highest BCUT2D eigenvalue weighted by molar-refractivity contribution is 4.99. The van der Waals surface area contributed by atoms with Gasteiger partial charge in [0, 0.05) is 19.3 Å². The molecule has 20 heavy (non-hydrogen) atoms. The standard InChI is InChI=1S/C16H29N3O/c1-3-15(4-2)19-11-9-14(18-19)13-17-10-12-20-16-7-5-6-8-16/h9,11,15-17H,3-8,10,12-13H2,1-2H3. The highest BCUT2D eigenvalue weighted by Crippen LogP contribution is 2.20. The zero-order chi connectivity index (χ0) is 14.2. The van der Waals surface area contributed by atoms with E-state index in [4.69, 9.17) is 4.74 Å². The van der Waals surface area contributed by atoms with Crippen LogP contribution in [0.1, 0.15) is 64.1 Å². The minimum Gasteiger partial charge on any atom is -0.377 e. The predicted octanol–water partition coefficient (Wildman–Crippen LogP) is 3.29. The van der Waals surface area contributed by atoms with Crippen molar-refractivity contribution in [2.45, 2.75) is 71.1 Å². The summed E-state index contributed by atoms with van der Waals surface area (Å²) < 4.78 is 7.93. The second-order valence-electron chi connectivity index (χ2n) is 5.71. The van der Waals surface area contributed by atoms with Crippen LogP contribution < -0.4 is 5.32 Å². The maximum atomic E-state index is 5.83. The van der Waals surface area contributed by atoms with Crippen LogP contribution in [-0.2, 0) is 11.3 Å². The minimum absolute atomic E-state index is 0.519. The van der Waals surface area contributed by atoms with E-state index in [0.29, 0.717) is 12.1 Å². The molecule has 0 radical (unpaired) electrons. The Balaban J connectivity index is 1.61. The first-order valence-corrected chi connectivity index (χ1v) is 8.19. The van der Waals surface area contributed by atoms with Crippen LogP contribution in [0.15, 0.2) is 12.3 Å². The molecule has 2 rings (SSSR count). The van der Waals surface area contributed by atoms with Crippen molar-refractivity contribution in [3.05, 3.63) is 18.0 Å². The lowest BCUT2D eigenvalue weighted by Crippen LogP contribution is -2.22. The third-order valence-electron chi connectivity index (χ3n) is 4.22. The van der Waals surface area contributed by atoms with Crippen molar-refractivity contribution in [2.75, 3.05) is 13.2 Å². The maximum Gasteiger partial charge on any atom is 0.0762 e. The lowest BCUT2D eigenvalue weighted by Gasteiger charge is -2.12. The number of aromatic nitrogens is 2. The SMILES string of the molecule is CCC(CC)n1ccc(CNCCOC2CCCC2)n1. The molecule has 1 fully saturated rings. The molecule has 0 unspecified atom stereocenters. The van der Waals surface area contributed by atoms with Crippen LogP contribution in [0.2, 0.25) is 0 Å². The molecule has 4 nitrogen and oxygen atoms in total. The average Bonchev–Trinajstić information content (AvgIpc) is 3.12. The molecule has 0 atom stereocenters. The van der Waals surface area contributed by atoms with E-state index in [1.807, 2.05) is 0 Å². The largest absolute Gasteiger partial charge is 0.377 e. The summed E-state index contributed by atoms with van der Waals surface area (Å²) in [5.41, 5.74) is 1.12. The molecule has 0 bridgehead atoms. The molecule has 0 aromatic carbocycles. The van der Waals surface area contributed by atoms with E-state index in [0.717, 1.165) is 38.2 Å². The topological polar surface area (TPSA) is 39.1 Å². The molecule has 1 saturated carbocycles. The second kappa shape index (κ2) is 8.42. The van der Waals surface area contributed by atoms with Gasteiger partial charge >= 0.3 is 0 Å². The normalized spacial score (nSPS) is 16.4. The van der Waals surface area contributed by atoms with Gasteiger partial charge in [-0.3, -0.25) is 4.68 Å². The van der Waals surface area contributed by atoms with Gasteiger partial charge in [0.25, 0.3) is 0 Å². The predicted molar refractivity (Wildman–Crippen MR) is 81.8 cm³/mol. The molecule has 1 aromatic heterocycles. The van der Waals surface area contributed by atoms with E-state index >= 15 is 0 Å². The number of hydrogen-bond donors (Lipinski definition) is 1. The quantitative estimate of drug-likeness (QED) is 0.705. The lowest BCUT2D eigenvalue weighted by atomic mass is 10.2. The molecule has 114 valence electrons. The van der Waals surface area contributed by atoms with Crippen LogP contribution in [0.25, 0.3) is 0 Å². The Morgan fingerprint density at radius 1 is 1.35 bits per heavy atom. The van der Waals surface area contributed by atoms with E-state index in [1.165, 1.54) is 25.7 Å². The van der Waals surface area contributed by atoms with Gasteiger partial charge in [0.15, 0.2) is 0 Å². The third-order valence-corrected chi connectivity index (χ3v) is 4.22. The summed E-state index contributed by atoms with van der Waals surface area (Å²) in [6.07, 6.45) is 10.1. The van der Waals surface area contributed by atoms with Crippen LogP contribution in [0, 0.1) is 0 Å². The highest BCUT2D eigenvalue weighted by atomic mass is 16.5. The van der Waals surface area contributed by atoms with Crippen molar-refractivity contribution >= 4 is 0 Å². The van der Waals surface area contributed by atoms with Crippen LogP contribution in [0.5, 0.6) is 0 Å². The molecule has 1 aliphatic carbocycles. The summed E-state index contributed by atoms with van der Waals surface area (Å²) in [5, 5.41) is 8.05. The van der Waals surface area contributed by atoms with Crippen LogP contribution in [0.3, 0.4) is 0 Å². The van der Waals surface area contributed by atoms with E-state index in [9.17, 15) is 0 Å². The number of nitrogens with zero attached hydrogens (tertiary/aromatic N) is 2. The first-order valence-electron chi connectivity index (χ1n) is 8.19. The maximum absolute atomic E-state index is 5.83. The van der Waals surface area contributed by atoms with Gasteiger partial charge in [0.2, 0.25) is 0 Å². The monoisotopic (exact) mass is 279 g/mol. The molecule has 0 amide bonds. The molecule has 0 aliphatic heterocycles. The molecule has 1 heterocycles. The number of ether oxygens (including phenoxy) is 1. The van der Waals surface area contributed by atoms with Crippen LogP contribution in [0.4, 0.5) is 0 Å². The zero-order valence-electron chi connectivity index (χ0n) is 13.0. The Kier molecular flexibility index (Phi) is 6.54. The van der Waals surface area contributed by atoms with Crippen molar-refractivity contribution in [1.82, 2.24) is 15.1 Å². The summed E-state index contributed by atoms with van der Waals surface area (Å²) in [5.74, 6) is 0. The fourth-order valence-corrected chi connectivity index (χ4v) is 2.91. The number of hydrogen-bond acceptors (Lipinski definition) is 3. The van der Waals surface area contributed by atoms with Crippen LogP contribution in [-0.4, -0.2) is 29.0 Å². The Morgan fingerprint density at radius 3 is 2.80 bits per heavy atom. The van der Waals surface area contributed by atoms with Gasteiger partial charge in [0.05, 0.1) is 24.4 Å². The summed E-state index contributed by atoms with van der Waals surface area (Å²) in [6, 6.07) is 2.65. The molecule has 1 aromatic rings. The van der Waals surface area contributed by atoms with Crippen molar-refractivity contribution in [1.29, 1.82) is 0 Å². The number of rotatable bonds is 9. The summed E-state index contributed by atoms with van der Waals surface area (Å²) >= 11 is 0. The Morgan fingerprint density at radius 2 is 2.10 bits per heavy atom. The van der Waals surface area contributed by atoms with E-state index in [-0.39, 0.29) is 0 Å². The van der Waals surface area contributed by atoms with Crippen molar-refractivity contribution < 1.29 is 4.74 Å². The lowest BCUT2D eigenvalue weighted by molar-refractivity contribution is 0.0602. The summed E-state index contributed by atoms with van der Waals surface area (Å²) in [7, 11) is 0. The Bertz CT molecular complexity index is 368. The van der Waals surface area contributed by atoms with Gasteiger partial charge < -0.3 is 10.1 Å². The van der Waals surface area contributed by atoms with Crippen molar-refractivity contribution in [2.24, 2.45) is 0 Å². The molecular weight excluding hydrogens is 250 g/mol. The highest BCUT2D eigenvalue weighted by Gasteiger charge is 2.14. The minimum atomic E-state index is 0.519. The molecular formula is C16H29N3O. The van der Waals surface area contributed by atoms with Gasteiger partial charge in [-0.2, -0.15) is 5.10 Å². The van der Waals surface area contributed by atoms with Gasteiger partial charge in [-0.25, -0.2) is 0 Å². The van der Waals surface area contributed by atoms with Gasteiger partial charge in [0.1, 0.15) is 0 Å². The molecule has 0 saturated heterocycles. The van der Waals surface area contributed by atoms with Crippen LogP contribution >= 0.6 is 0 Å². The van der Waals surface area contributed by atoms with E-state index < -0.39 is 0 Å². The zero-order valence-corrected chi connectivity index (χ0v) is 13.0. The fourth-order valence-electron chi connectivity index (χ4n) is 2.91. The molecule has 0 spiro atoms. The number of nitrogens with one attached hydrogen (secondary N) is 1. The van der Waals surface area contributed by atoms with Crippen molar-refractivity contribution in [3.63, 3.8) is 0 Å². The van der Waals surface area contributed by atoms with Gasteiger partial charge in [-0.15, -0.1) is 0 Å². The van der Waals surface area contributed by atoms with E-state index in [1.54, 1.807) is 0 Å². The first kappa shape index (κ1) is 15.5. The Hall–Kier alpha value is -0.870. The molecule has 1 N–H and O–H groups in total. The summed E-state index contributed by atoms with van der Waals surface area (Å²) in [4.78, 5) is 0. The fraction of sp³-hybridized carbons (Fsp3) is 0.812. The molecule has 4 heteroatoms. The van der Waals surface area contributed by atoms with Gasteiger partial charge in [-0.05, 0) is 31.7 Å². The third kappa shape index (κ3) is 4.60. The first-order chi connectivity index (χ1) is 9.83. The molecule has 1 aliphatic rings. The average molecular weight is 279 g/mol. The van der Waals surface area contributed by atoms with E-state index in [2.05, 4.69) is 41.2 Å². The second-order valence-corrected chi connectivity index (χ2v) is 5.71. The van der Waals surface area contributed by atoms with Gasteiger partial charge in [-0.1, -0.05) is 26.7 Å². The Labute approximate surface area is 122 Å². The van der Waals surface area contributed by atoms with Crippen molar-refractivity contribution in [3.8, 4) is 0 Å².